The second-order valence-corrected chi connectivity index (χ2v) is 16.4. The standard InChI is InChI=1S/C46H87N7O21/c1-46(2,3)37-74-45(60)48-7-6-39(54)49-32-40(55)50-33-41(56)51-34-42(57)52-35-43(58)53-38(36-62-5)44(59)47-8-9-63-12-13-65-16-17-67-20-21-69-24-25-71-28-29-73-31-30-72-27-26-70-23-22-68-19-18-66-15-14-64-11-10-61-4/h38H,6-37H2,1-5H3,(H,47,59)(H,48,60)(H,49,54)(H,50,55)(H,51,56)(H,52,57)(H,53,58)/i5D. The fourth-order valence-electron chi connectivity index (χ4n) is 4.96. The van der Waals surface area contributed by atoms with Crippen LogP contribution in [0, 0.1) is 5.41 Å². The second-order valence-electron chi connectivity index (χ2n) is 16.4. The minimum atomic E-state index is -1.17. The lowest BCUT2D eigenvalue weighted by molar-refractivity contribution is -0.131. The third-order valence-corrected chi connectivity index (χ3v) is 8.68. The molecule has 0 aromatic carbocycles. The summed E-state index contributed by atoms with van der Waals surface area (Å²) >= 11 is 0. The molecule has 0 saturated heterocycles. The Hall–Kier alpha value is -4.43. The average molecular weight is 1080 g/mol. The van der Waals surface area contributed by atoms with Gasteiger partial charge in [-0.25, -0.2) is 4.79 Å². The zero-order valence-electron chi connectivity index (χ0n) is 45.0. The molecule has 0 spiro atoms. The van der Waals surface area contributed by atoms with E-state index < -0.39 is 80.8 Å². The minimum Gasteiger partial charge on any atom is -0.449 e. The highest BCUT2D eigenvalue weighted by molar-refractivity contribution is 5.92. The van der Waals surface area contributed by atoms with Crippen molar-refractivity contribution in [2.45, 2.75) is 33.2 Å². The number of alkyl carbamates (subject to hydrolysis) is 1. The number of ether oxygens (including phenoxy) is 14. The molecule has 0 rings (SSSR count). The predicted molar refractivity (Wildman–Crippen MR) is 263 cm³/mol. The van der Waals surface area contributed by atoms with Gasteiger partial charge in [-0.3, -0.25) is 28.8 Å². The highest BCUT2D eigenvalue weighted by Gasteiger charge is 2.21. The van der Waals surface area contributed by atoms with Crippen LogP contribution < -0.4 is 37.2 Å². The molecule has 0 aliphatic heterocycles. The lowest BCUT2D eigenvalue weighted by Crippen LogP contribution is -2.52. The Bertz CT molecular complexity index is 1470. The molecule has 74 heavy (non-hydrogen) atoms. The summed E-state index contributed by atoms with van der Waals surface area (Å²) in [6.07, 6.45) is -0.773. The Morgan fingerprint density at radius 1 is 0.405 bits per heavy atom. The Morgan fingerprint density at radius 2 is 0.743 bits per heavy atom. The van der Waals surface area contributed by atoms with E-state index in [0.717, 1.165) is 0 Å². The van der Waals surface area contributed by atoms with Crippen LogP contribution in [0.4, 0.5) is 4.79 Å². The Labute approximate surface area is 436 Å². The third-order valence-electron chi connectivity index (χ3n) is 8.68. The van der Waals surface area contributed by atoms with Gasteiger partial charge in [-0.15, -0.1) is 0 Å². The van der Waals surface area contributed by atoms with Gasteiger partial charge in [0.05, 0.1) is 193 Å². The fourth-order valence-corrected chi connectivity index (χ4v) is 4.96. The van der Waals surface area contributed by atoms with Crippen LogP contribution in [0.15, 0.2) is 0 Å². The van der Waals surface area contributed by atoms with Gasteiger partial charge in [-0.05, 0) is 5.41 Å². The molecular weight excluding hydrogens is 987 g/mol. The van der Waals surface area contributed by atoms with E-state index in [0.29, 0.717) is 139 Å². The van der Waals surface area contributed by atoms with Gasteiger partial charge in [-0.2, -0.15) is 0 Å². The summed E-state index contributed by atoms with van der Waals surface area (Å²) < 4.78 is 82.0. The maximum absolute atomic E-state index is 12.7. The quantitative estimate of drug-likeness (QED) is 0.0293. The molecule has 0 bridgehead atoms. The lowest BCUT2D eigenvalue weighted by Gasteiger charge is -2.18. The zero-order chi connectivity index (χ0) is 55.3. The normalized spacial score (nSPS) is 11.8. The molecular formula is C46H87N7O21. The summed E-state index contributed by atoms with van der Waals surface area (Å²) in [7, 11) is 1.17. The van der Waals surface area contributed by atoms with Crippen LogP contribution in [0.2, 0.25) is 0 Å². The van der Waals surface area contributed by atoms with E-state index >= 15 is 0 Å². The first-order chi connectivity index (χ1) is 36.3. The lowest BCUT2D eigenvalue weighted by atomic mass is 9.99. The number of carbonyl (C=O) groups excluding carboxylic acids is 7. The summed E-state index contributed by atoms with van der Waals surface area (Å²) in [4.78, 5) is 84.9. The van der Waals surface area contributed by atoms with Crippen LogP contribution in [-0.4, -0.2) is 266 Å². The Balaban J connectivity index is 3.73. The molecule has 1 unspecified atom stereocenters. The molecule has 0 aliphatic carbocycles. The van der Waals surface area contributed by atoms with Gasteiger partial charge in [0.15, 0.2) is 0 Å². The van der Waals surface area contributed by atoms with Crippen LogP contribution >= 0.6 is 0 Å². The first-order valence-corrected chi connectivity index (χ1v) is 24.5. The predicted octanol–water partition coefficient (Wildman–Crippen LogP) is -3.31. The number of rotatable bonds is 52. The van der Waals surface area contributed by atoms with Crippen LogP contribution in [0.3, 0.4) is 0 Å². The molecule has 28 nitrogen and oxygen atoms in total. The van der Waals surface area contributed by atoms with Crippen molar-refractivity contribution < 1.29 is 101 Å². The number of methoxy groups -OCH3 is 2. The first-order valence-electron chi connectivity index (χ1n) is 25.2. The molecule has 1 atom stereocenters. The SMILES string of the molecule is [2H]COCC(NC(=O)CNC(=O)CNC(=O)CNC(=O)CNC(=O)CCNC(=O)OCC(C)(C)C)C(=O)NCCOCCOCCOCCOCCOCCOCCOCCOCCOCCOCCOCCOC. The number of nitrogens with one attached hydrogen (secondary N) is 7. The van der Waals surface area contributed by atoms with Crippen molar-refractivity contribution in [1.82, 2.24) is 37.2 Å². The molecule has 432 valence electrons. The summed E-state index contributed by atoms with van der Waals surface area (Å²) in [5.41, 5.74) is -0.212. The van der Waals surface area contributed by atoms with E-state index in [9.17, 15) is 33.6 Å². The van der Waals surface area contributed by atoms with E-state index in [4.69, 9.17) is 67.7 Å². The number of hydrogen-bond acceptors (Lipinski definition) is 21. The monoisotopic (exact) mass is 1070 g/mol. The minimum absolute atomic E-state index is 0.00804. The van der Waals surface area contributed by atoms with Crippen LogP contribution in [0.5, 0.6) is 0 Å². The average Bonchev–Trinajstić information content (AvgIpc) is 3.38. The van der Waals surface area contributed by atoms with E-state index in [1.165, 1.54) is 0 Å². The van der Waals surface area contributed by atoms with Crippen LogP contribution in [0.1, 0.15) is 28.6 Å². The molecule has 0 radical (unpaired) electrons. The van der Waals surface area contributed by atoms with Crippen molar-refractivity contribution in [2.24, 2.45) is 5.41 Å². The molecule has 0 aromatic rings. The summed E-state index contributed by atoms with van der Waals surface area (Å²) in [6.45, 7) is 13.6. The molecule has 28 heteroatoms. The van der Waals surface area contributed by atoms with Gasteiger partial charge in [-0.1, -0.05) is 20.8 Å². The van der Waals surface area contributed by atoms with E-state index in [1.807, 2.05) is 20.8 Å². The van der Waals surface area contributed by atoms with Crippen molar-refractivity contribution in [2.75, 3.05) is 219 Å². The van der Waals surface area contributed by atoms with Crippen molar-refractivity contribution in [3.05, 3.63) is 0 Å². The van der Waals surface area contributed by atoms with Crippen molar-refractivity contribution in [3.8, 4) is 0 Å². The molecule has 0 heterocycles. The maximum atomic E-state index is 12.7. The first kappa shape index (κ1) is 67.6. The molecule has 0 aliphatic rings. The third kappa shape index (κ3) is 51.1. The highest BCUT2D eigenvalue weighted by atomic mass is 16.6. The molecule has 0 aromatic heterocycles. The number of amides is 7. The fraction of sp³-hybridized carbons (Fsp3) is 0.848. The van der Waals surface area contributed by atoms with Crippen molar-refractivity contribution in [3.63, 3.8) is 0 Å². The van der Waals surface area contributed by atoms with Crippen LogP contribution in [-0.2, 0) is 95.1 Å². The van der Waals surface area contributed by atoms with Crippen molar-refractivity contribution in [1.29, 1.82) is 0 Å². The summed E-state index contributed by atoms with van der Waals surface area (Å²) in [5, 5.41) is 16.6. The van der Waals surface area contributed by atoms with Crippen LogP contribution in [0.25, 0.3) is 0 Å². The smallest absolute Gasteiger partial charge is 0.407 e. The number of hydrogen-bond donors (Lipinski definition) is 7. The van der Waals surface area contributed by atoms with E-state index in [1.54, 1.807) is 7.11 Å². The van der Waals surface area contributed by atoms with Gasteiger partial charge in [0, 0.05) is 33.7 Å². The van der Waals surface area contributed by atoms with Crippen molar-refractivity contribution >= 4 is 41.5 Å². The van der Waals surface area contributed by atoms with E-state index in [2.05, 4.69) is 37.2 Å². The number of carbonyl (C=O) groups is 7. The molecule has 0 fully saturated rings. The Morgan fingerprint density at radius 3 is 1.09 bits per heavy atom. The molecule has 0 saturated carbocycles. The van der Waals surface area contributed by atoms with Gasteiger partial charge in [0.25, 0.3) is 0 Å². The summed E-state index contributed by atoms with van der Waals surface area (Å²) in [6, 6.07) is -1.17. The highest BCUT2D eigenvalue weighted by Crippen LogP contribution is 2.12. The molecule has 7 N–H and O–H groups in total. The van der Waals surface area contributed by atoms with Gasteiger partial charge >= 0.3 is 6.09 Å². The van der Waals surface area contributed by atoms with Gasteiger partial charge < -0.3 is 104 Å². The Kier molecular flexibility index (Phi) is 46.3. The zero-order valence-corrected chi connectivity index (χ0v) is 44.0. The second kappa shape index (κ2) is 50.7. The largest absolute Gasteiger partial charge is 0.449 e. The van der Waals surface area contributed by atoms with Gasteiger partial charge in [0.1, 0.15) is 6.04 Å². The molecule has 7 amide bonds. The summed E-state index contributed by atoms with van der Waals surface area (Å²) in [5.74, 6) is -4.00. The maximum Gasteiger partial charge on any atom is 0.407 e. The van der Waals surface area contributed by atoms with Gasteiger partial charge in [0.2, 0.25) is 35.4 Å². The topological polar surface area (TPSA) is 333 Å². The van der Waals surface area contributed by atoms with E-state index in [-0.39, 0.29) is 51.4 Å².